The maximum Gasteiger partial charge on any atom is 0.188 e. The average molecular weight is 681 g/mol. The van der Waals surface area contributed by atoms with Gasteiger partial charge in [0.1, 0.15) is 0 Å². The van der Waals surface area contributed by atoms with E-state index in [1.807, 2.05) is 6.26 Å². The Hall–Kier alpha value is -0.580. The molecule has 0 aromatic rings. The molecule has 0 bridgehead atoms. The van der Waals surface area contributed by atoms with Crippen molar-refractivity contribution in [2.24, 2.45) is 0 Å². The van der Waals surface area contributed by atoms with Crippen LogP contribution in [0.5, 0.6) is 0 Å². The summed E-state index contributed by atoms with van der Waals surface area (Å²) in [7, 11) is 0. The van der Waals surface area contributed by atoms with E-state index in [1.54, 1.807) is 0 Å². The highest BCUT2D eigenvalue weighted by Crippen LogP contribution is 2.16. The van der Waals surface area contributed by atoms with Crippen LogP contribution in [0, 0.1) is 0 Å². The van der Waals surface area contributed by atoms with Gasteiger partial charge in [-0.3, -0.25) is 0 Å². The van der Waals surface area contributed by atoms with Crippen LogP contribution in [0.1, 0.15) is 239 Å². The molecule has 0 aromatic carbocycles. The van der Waals surface area contributed by atoms with Crippen LogP contribution in [0.3, 0.4) is 0 Å². The molecule has 0 saturated heterocycles. The van der Waals surface area contributed by atoms with E-state index >= 15 is 0 Å². The lowest BCUT2D eigenvalue weighted by Gasteiger charge is -2.19. The van der Waals surface area contributed by atoms with Gasteiger partial charge in [0, 0.05) is 13.2 Å². The van der Waals surface area contributed by atoms with Crippen LogP contribution >= 0.6 is 0 Å². The molecule has 288 valence electrons. The predicted molar refractivity (Wildman–Crippen MR) is 211 cm³/mol. The summed E-state index contributed by atoms with van der Waals surface area (Å²) in [5.41, 5.74) is 0. The van der Waals surface area contributed by atoms with Gasteiger partial charge in [-0.1, -0.05) is 194 Å². The van der Waals surface area contributed by atoms with Gasteiger partial charge in [0.05, 0.1) is 12.9 Å². The second-order valence-electron chi connectivity index (χ2n) is 14.6. The fraction of sp³-hybridized carbons (Fsp3) is 0.955. The Morgan fingerprint density at radius 2 is 0.729 bits per heavy atom. The summed E-state index contributed by atoms with van der Waals surface area (Å²) in [6, 6.07) is 0. The second kappa shape index (κ2) is 44.4. The van der Waals surface area contributed by atoms with E-state index < -0.39 is 0 Å². The quantitative estimate of drug-likeness (QED) is 0.0365. The number of ether oxygens (including phenoxy) is 4. The number of rotatable bonds is 43. The van der Waals surface area contributed by atoms with E-state index in [0.29, 0.717) is 6.79 Å². The fourth-order valence-electron chi connectivity index (χ4n) is 6.37. The van der Waals surface area contributed by atoms with Gasteiger partial charge in [-0.25, -0.2) is 0 Å². The third-order valence-corrected chi connectivity index (χ3v) is 9.65. The molecule has 0 aliphatic heterocycles. The summed E-state index contributed by atoms with van der Waals surface area (Å²) >= 11 is 0. The Morgan fingerprint density at radius 3 is 1.17 bits per heavy atom. The molecule has 0 saturated carbocycles. The molecule has 0 aliphatic rings. The Kier molecular flexibility index (Phi) is 43.9. The summed E-state index contributed by atoms with van der Waals surface area (Å²) in [5, 5.41) is 0. The molecule has 0 spiro atoms. The Labute approximate surface area is 302 Å². The standard InChI is InChI=1S/C44H88O4/c1-4-7-10-13-16-26-31-36-41-47-44(48-42-37-32-27-17-14-11-8-5-2)38-33-28-23-21-19-18-20-22-25-30-35-40-46-43-45-39-34-29-24-15-12-9-6-3/h35,40,44H,4-34,36-39,41-43H2,1-3H3. The summed E-state index contributed by atoms with van der Waals surface area (Å²) in [5.74, 6) is 0. The Balaban J connectivity index is 3.73. The van der Waals surface area contributed by atoms with Crippen LogP contribution in [0.15, 0.2) is 12.3 Å². The van der Waals surface area contributed by atoms with Crippen LogP contribution < -0.4 is 0 Å². The van der Waals surface area contributed by atoms with Crippen molar-refractivity contribution in [1.29, 1.82) is 0 Å². The minimum atomic E-state index is 0.0148. The van der Waals surface area contributed by atoms with Crippen LogP contribution in [-0.4, -0.2) is 32.9 Å². The summed E-state index contributed by atoms with van der Waals surface area (Å²) in [6.45, 7) is 9.81. The van der Waals surface area contributed by atoms with E-state index in [9.17, 15) is 0 Å². The highest BCUT2D eigenvalue weighted by molar-refractivity contribution is 4.72. The largest absolute Gasteiger partial charge is 0.475 e. The highest BCUT2D eigenvalue weighted by atomic mass is 16.7. The first kappa shape index (κ1) is 47.4. The first-order valence-corrected chi connectivity index (χ1v) is 21.9. The van der Waals surface area contributed by atoms with E-state index in [2.05, 4.69) is 26.8 Å². The third kappa shape index (κ3) is 41.6. The smallest absolute Gasteiger partial charge is 0.188 e. The first-order valence-electron chi connectivity index (χ1n) is 21.9. The summed E-state index contributed by atoms with van der Waals surface area (Å²) in [4.78, 5) is 0. The topological polar surface area (TPSA) is 36.9 Å². The minimum absolute atomic E-state index is 0.0148. The van der Waals surface area contributed by atoms with Gasteiger partial charge in [0.25, 0.3) is 0 Å². The molecule has 0 amide bonds. The zero-order valence-corrected chi connectivity index (χ0v) is 33.2. The van der Waals surface area contributed by atoms with Crippen molar-refractivity contribution >= 4 is 0 Å². The zero-order valence-electron chi connectivity index (χ0n) is 33.2. The van der Waals surface area contributed by atoms with Gasteiger partial charge in [0.2, 0.25) is 0 Å². The lowest BCUT2D eigenvalue weighted by molar-refractivity contribution is -0.148. The van der Waals surface area contributed by atoms with E-state index in [0.717, 1.165) is 39.1 Å². The van der Waals surface area contributed by atoms with Gasteiger partial charge < -0.3 is 18.9 Å². The lowest BCUT2D eigenvalue weighted by Crippen LogP contribution is -2.19. The van der Waals surface area contributed by atoms with Gasteiger partial charge in [-0.15, -0.1) is 0 Å². The maximum absolute atomic E-state index is 6.27. The van der Waals surface area contributed by atoms with Gasteiger partial charge in [0.15, 0.2) is 13.1 Å². The Bertz CT molecular complexity index is 558. The molecule has 48 heavy (non-hydrogen) atoms. The van der Waals surface area contributed by atoms with Crippen molar-refractivity contribution < 1.29 is 18.9 Å². The van der Waals surface area contributed by atoms with E-state index in [1.165, 1.54) is 199 Å². The molecule has 0 rings (SSSR count). The van der Waals surface area contributed by atoms with Crippen LogP contribution in [-0.2, 0) is 18.9 Å². The summed E-state index contributed by atoms with van der Waals surface area (Å²) in [6.07, 6.45) is 48.9. The number of hydrogen-bond donors (Lipinski definition) is 0. The van der Waals surface area contributed by atoms with Crippen molar-refractivity contribution in [2.75, 3.05) is 26.6 Å². The molecule has 0 N–H and O–H groups in total. The third-order valence-electron chi connectivity index (χ3n) is 9.65. The van der Waals surface area contributed by atoms with Crippen molar-refractivity contribution in [3.63, 3.8) is 0 Å². The Morgan fingerprint density at radius 1 is 0.375 bits per heavy atom. The normalized spacial score (nSPS) is 11.8. The number of allylic oxidation sites excluding steroid dienone is 1. The molecule has 0 heterocycles. The first-order chi connectivity index (χ1) is 23.8. The predicted octanol–water partition coefficient (Wildman–Crippen LogP) is 15.2. The molecule has 4 heteroatoms. The minimum Gasteiger partial charge on any atom is -0.475 e. The van der Waals surface area contributed by atoms with Gasteiger partial charge in [-0.05, 0) is 51.0 Å². The van der Waals surface area contributed by atoms with Gasteiger partial charge in [-0.2, -0.15) is 0 Å². The van der Waals surface area contributed by atoms with Crippen molar-refractivity contribution in [3.8, 4) is 0 Å². The number of unbranched alkanes of at least 4 members (excludes halogenated alkanes) is 29. The molecule has 0 radical (unpaired) electrons. The molecule has 0 unspecified atom stereocenters. The van der Waals surface area contributed by atoms with Crippen LogP contribution in [0.4, 0.5) is 0 Å². The van der Waals surface area contributed by atoms with Gasteiger partial charge >= 0.3 is 0 Å². The van der Waals surface area contributed by atoms with Crippen molar-refractivity contribution in [1.82, 2.24) is 0 Å². The summed E-state index contributed by atoms with van der Waals surface area (Å²) < 4.78 is 23.6. The maximum atomic E-state index is 6.27. The van der Waals surface area contributed by atoms with Crippen molar-refractivity contribution in [2.45, 2.75) is 245 Å². The molecule has 0 aliphatic carbocycles. The second-order valence-corrected chi connectivity index (χ2v) is 14.6. The monoisotopic (exact) mass is 681 g/mol. The van der Waals surface area contributed by atoms with E-state index in [4.69, 9.17) is 18.9 Å². The van der Waals surface area contributed by atoms with Crippen molar-refractivity contribution in [3.05, 3.63) is 12.3 Å². The van der Waals surface area contributed by atoms with Crippen LogP contribution in [0.2, 0.25) is 0 Å². The molecular weight excluding hydrogens is 592 g/mol. The molecule has 0 atom stereocenters. The molecule has 0 fully saturated rings. The average Bonchev–Trinajstić information content (AvgIpc) is 3.10. The SMILES string of the molecule is CCCCCCCCCCOC(CCCCCCCCCCCC=COCOCCCCCCCCC)OCCCCCCCCCC. The van der Waals surface area contributed by atoms with Crippen LogP contribution in [0.25, 0.3) is 0 Å². The molecule has 4 nitrogen and oxygen atoms in total. The lowest BCUT2D eigenvalue weighted by atomic mass is 10.1. The zero-order chi connectivity index (χ0) is 34.7. The molecular formula is C44H88O4. The number of hydrogen-bond acceptors (Lipinski definition) is 4. The van der Waals surface area contributed by atoms with E-state index in [-0.39, 0.29) is 6.29 Å². The fourth-order valence-corrected chi connectivity index (χ4v) is 6.37. The highest BCUT2D eigenvalue weighted by Gasteiger charge is 2.09. The molecule has 0 aromatic heterocycles.